The van der Waals surface area contributed by atoms with Crippen molar-refractivity contribution in [1.29, 1.82) is 0 Å². The second-order valence-corrected chi connectivity index (χ2v) is 6.83. The Labute approximate surface area is 161 Å². The molecule has 1 aliphatic carbocycles. The normalized spacial score (nSPS) is 22.1. The average Bonchev–Trinajstić information content (AvgIpc) is 3.38. The maximum Gasteiger partial charge on any atom is 0.451 e. The number of amidine groups is 1. The molecule has 26 heavy (non-hydrogen) atoms. The molecule has 1 saturated carbocycles. The number of hydrogen-bond donors (Lipinski definition) is 3. The van der Waals surface area contributed by atoms with E-state index in [4.69, 9.17) is 0 Å². The highest BCUT2D eigenvalue weighted by Crippen LogP contribution is 2.29. The second-order valence-electron chi connectivity index (χ2n) is 6.83. The van der Waals surface area contributed by atoms with Crippen LogP contribution in [0.5, 0.6) is 0 Å². The third-order valence-electron chi connectivity index (χ3n) is 4.86. The highest BCUT2D eigenvalue weighted by molar-refractivity contribution is 6.04. The molecule has 1 fully saturated rings. The van der Waals surface area contributed by atoms with Crippen molar-refractivity contribution in [1.82, 2.24) is 10.2 Å². The van der Waals surface area contributed by atoms with Gasteiger partial charge in [0.25, 0.3) is 5.91 Å². The van der Waals surface area contributed by atoms with E-state index in [-0.39, 0.29) is 47.4 Å². The summed E-state index contributed by atoms with van der Waals surface area (Å²) in [7, 11) is 0. The van der Waals surface area contributed by atoms with Gasteiger partial charge in [-0.1, -0.05) is 42.5 Å². The van der Waals surface area contributed by atoms with Gasteiger partial charge < -0.3 is 27.4 Å². The van der Waals surface area contributed by atoms with Gasteiger partial charge in [0.05, 0.1) is 0 Å². The second kappa shape index (κ2) is 6.72. The molecule has 0 saturated heterocycles. The molecule has 0 radical (unpaired) electrons. The topological polar surface area (TPSA) is 83.6 Å². The van der Waals surface area contributed by atoms with E-state index in [9.17, 15) is 14.7 Å². The number of aliphatic hydroxyl groups excluding tert-OH is 1. The zero-order valence-corrected chi connectivity index (χ0v) is 15.9. The summed E-state index contributed by atoms with van der Waals surface area (Å²) in [5.41, 5.74) is -0.350. The number of nitrogens with one attached hydrogen (secondary N) is 2. The van der Waals surface area contributed by atoms with Gasteiger partial charge in [0, 0.05) is 11.6 Å². The molecular formula is C19H20BrN3O3. The fourth-order valence-corrected chi connectivity index (χ4v) is 3.35. The number of halogens is 1. The van der Waals surface area contributed by atoms with Crippen molar-refractivity contribution in [3.05, 3.63) is 48.0 Å². The Kier molecular flexibility index (Phi) is 4.75. The molecule has 1 heterocycles. The van der Waals surface area contributed by atoms with Crippen LogP contribution >= 0.6 is 0 Å². The predicted molar refractivity (Wildman–Crippen MR) is 92.8 cm³/mol. The van der Waals surface area contributed by atoms with E-state index in [1.165, 1.54) is 0 Å². The van der Waals surface area contributed by atoms with Gasteiger partial charge in [-0.2, -0.15) is 0 Å². The molecule has 2 aliphatic rings. The van der Waals surface area contributed by atoms with Crippen LogP contribution in [-0.2, 0) is 15.1 Å². The molecule has 0 aromatic heterocycles. The quantitative estimate of drug-likeness (QED) is 0.501. The molecule has 136 valence electrons. The lowest BCUT2D eigenvalue weighted by Crippen LogP contribution is -3.00. The largest absolute Gasteiger partial charge is 1.00 e. The van der Waals surface area contributed by atoms with Gasteiger partial charge in [0.15, 0.2) is 6.54 Å². The highest BCUT2D eigenvalue weighted by atomic mass is 79.9. The fourth-order valence-electron chi connectivity index (χ4n) is 3.35. The van der Waals surface area contributed by atoms with Crippen molar-refractivity contribution in [3.63, 3.8) is 0 Å². The van der Waals surface area contributed by atoms with Crippen LogP contribution in [0.15, 0.2) is 42.5 Å². The minimum absolute atomic E-state index is 0. The lowest BCUT2D eigenvalue weighted by atomic mass is 9.88. The number of aliphatic hydroxyl groups is 1. The minimum Gasteiger partial charge on any atom is -1.00 e. The molecule has 3 N–H and O–H groups in total. The van der Waals surface area contributed by atoms with Crippen LogP contribution in [0.4, 0.5) is 0 Å². The van der Waals surface area contributed by atoms with Crippen molar-refractivity contribution < 1.29 is 36.7 Å². The monoisotopic (exact) mass is 417 g/mol. The Morgan fingerprint density at radius 2 is 1.96 bits per heavy atom. The van der Waals surface area contributed by atoms with Crippen molar-refractivity contribution in [2.24, 2.45) is 0 Å². The zero-order valence-electron chi connectivity index (χ0n) is 14.3. The number of nitrogens with zero attached hydrogens (tertiary/aromatic N) is 1. The molecule has 2 amide bonds. The molecule has 2 aromatic carbocycles. The minimum atomic E-state index is -1.12. The third kappa shape index (κ3) is 3.07. The number of carbonyl (C=O) groups excluding carboxylic acids is 2. The van der Waals surface area contributed by atoms with Crippen molar-refractivity contribution in [2.45, 2.75) is 31.3 Å². The van der Waals surface area contributed by atoms with E-state index in [0.29, 0.717) is 0 Å². The smallest absolute Gasteiger partial charge is 0.451 e. The summed E-state index contributed by atoms with van der Waals surface area (Å²) in [6.07, 6.45) is 1.95. The maximum atomic E-state index is 13.0. The van der Waals surface area contributed by atoms with E-state index in [1.54, 1.807) is 6.92 Å². The van der Waals surface area contributed by atoms with Crippen LogP contribution in [0.1, 0.15) is 25.3 Å². The van der Waals surface area contributed by atoms with Gasteiger partial charge in [-0.05, 0) is 30.5 Å². The van der Waals surface area contributed by atoms with Gasteiger partial charge in [-0.15, -0.1) is 4.90 Å². The molecule has 1 aliphatic heterocycles. The molecule has 1 unspecified atom stereocenters. The van der Waals surface area contributed by atoms with E-state index >= 15 is 0 Å². The van der Waals surface area contributed by atoms with Gasteiger partial charge in [-0.3, -0.25) is 4.79 Å². The van der Waals surface area contributed by atoms with E-state index < -0.39 is 5.54 Å². The first-order chi connectivity index (χ1) is 12.0. The van der Waals surface area contributed by atoms with Gasteiger partial charge >= 0.3 is 11.9 Å². The van der Waals surface area contributed by atoms with Crippen LogP contribution in [0.2, 0.25) is 0 Å². The first kappa shape index (κ1) is 18.4. The first-order valence-corrected chi connectivity index (χ1v) is 8.43. The van der Waals surface area contributed by atoms with Crippen LogP contribution in [0.3, 0.4) is 0 Å². The predicted octanol–water partition coefficient (Wildman–Crippen LogP) is -2.83. The fraction of sp³-hybridized carbons (Fsp3) is 0.316. The molecule has 7 heteroatoms. The van der Waals surface area contributed by atoms with Crippen molar-refractivity contribution >= 4 is 28.6 Å². The lowest BCUT2D eigenvalue weighted by molar-refractivity contribution is -0.539. The zero-order chi connectivity index (χ0) is 17.6. The van der Waals surface area contributed by atoms with E-state index in [1.807, 2.05) is 42.5 Å². The summed E-state index contributed by atoms with van der Waals surface area (Å²) in [6, 6.07) is 13.4. The van der Waals surface area contributed by atoms with E-state index in [2.05, 4.69) is 10.3 Å². The summed E-state index contributed by atoms with van der Waals surface area (Å²) >= 11 is 0. The standard InChI is InChI=1S/C19H19N3O3.BrH/c1-19(15-8-4-6-12-5-2-3-7-14(12)15)17(24)22(18(25)21-19)11-16(23)20-13-9-10-13;/h2-8,13H,9-11H2,1H3,(H,20,23)(H,21,25);1H. The number of rotatable bonds is 4. The Bertz CT molecular complexity index is 905. The SMILES string of the molecule is CC1(c2cccc3ccccc23)[NH+]=C(O)N(CC(=O)NC2CC2)C1=O.[Br-]. The Balaban J connectivity index is 0.00000196. The summed E-state index contributed by atoms with van der Waals surface area (Å²) < 4.78 is 0. The van der Waals surface area contributed by atoms with E-state index in [0.717, 1.165) is 34.1 Å². The number of hydrogen-bond acceptors (Lipinski definition) is 2. The average molecular weight is 418 g/mol. The summed E-state index contributed by atoms with van der Waals surface area (Å²) in [5.74, 6) is -0.598. The van der Waals surface area contributed by atoms with Gasteiger partial charge in [0.2, 0.25) is 5.54 Å². The van der Waals surface area contributed by atoms with Crippen molar-refractivity contribution in [3.8, 4) is 0 Å². The number of carbonyl (C=O) groups is 2. The van der Waals surface area contributed by atoms with Crippen molar-refractivity contribution in [2.75, 3.05) is 6.54 Å². The summed E-state index contributed by atoms with van der Waals surface area (Å²) in [4.78, 5) is 29.1. The molecule has 0 spiro atoms. The Morgan fingerprint density at radius 3 is 2.69 bits per heavy atom. The number of amides is 2. The molecule has 6 nitrogen and oxygen atoms in total. The number of fused-ring (bicyclic) bond motifs is 1. The van der Waals surface area contributed by atoms with Gasteiger partial charge in [0.1, 0.15) is 0 Å². The van der Waals surface area contributed by atoms with Crippen LogP contribution in [0, 0.1) is 0 Å². The van der Waals surface area contributed by atoms with Crippen LogP contribution < -0.4 is 27.3 Å². The molecule has 1 atom stereocenters. The Morgan fingerprint density at radius 1 is 1.27 bits per heavy atom. The maximum absolute atomic E-state index is 13.0. The summed E-state index contributed by atoms with van der Waals surface area (Å²) in [5, 5.41) is 15.0. The highest BCUT2D eigenvalue weighted by Gasteiger charge is 2.54. The lowest BCUT2D eigenvalue weighted by Gasteiger charge is -2.18. The Hall–Kier alpha value is -2.41. The van der Waals surface area contributed by atoms with Gasteiger partial charge in [-0.25, -0.2) is 9.79 Å². The first-order valence-electron chi connectivity index (χ1n) is 8.43. The number of benzene rings is 2. The third-order valence-corrected chi connectivity index (χ3v) is 4.86. The molecular weight excluding hydrogens is 398 g/mol. The molecule has 4 rings (SSSR count). The summed E-state index contributed by atoms with van der Waals surface area (Å²) in [6.45, 7) is 1.54. The molecule has 0 bridgehead atoms. The molecule has 2 aromatic rings. The van der Waals surface area contributed by atoms with Crippen LogP contribution in [-0.4, -0.2) is 40.4 Å². The van der Waals surface area contributed by atoms with Crippen LogP contribution in [0.25, 0.3) is 10.8 Å².